The molecule has 0 radical (unpaired) electrons. The first-order valence-electron chi connectivity index (χ1n) is 11.4. The quantitative estimate of drug-likeness (QED) is 0.633. The Hall–Kier alpha value is -3.14. The third-order valence-electron chi connectivity index (χ3n) is 5.73. The number of carbonyl (C=O) groups excluding carboxylic acids is 2. The monoisotopic (exact) mass is 457 g/mol. The number of nitrogens with zero attached hydrogens (tertiary/aromatic N) is 4. The summed E-state index contributed by atoms with van der Waals surface area (Å²) in [6, 6.07) is 0.0401. The summed E-state index contributed by atoms with van der Waals surface area (Å²) in [4.78, 5) is 40.4. The molecule has 1 saturated heterocycles. The second kappa shape index (κ2) is 9.01. The zero-order valence-electron chi connectivity index (χ0n) is 19.4. The van der Waals surface area contributed by atoms with E-state index in [1.54, 1.807) is 11.0 Å². The van der Waals surface area contributed by atoms with Crippen molar-refractivity contribution >= 4 is 23.5 Å². The van der Waals surface area contributed by atoms with Gasteiger partial charge in [0.15, 0.2) is 5.56 Å². The van der Waals surface area contributed by atoms with Crippen LogP contribution in [0.3, 0.4) is 0 Å². The van der Waals surface area contributed by atoms with E-state index < -0.39 is 17.3 Å². The first kappa shape index (κ1) is 23.0. The van der Waals surface area contributed by atoms with Crippen molar-refractivity contribution in [3.05, 3.63) is 33.8 Å². The summed E-state index contributed by atoms with van der Waals surface area (Å²) in [5.74, 6) is -1.17. The minimum atomic E-state index is -0.599. The van der Waals surface area contributed by atoms with Crippen molar-refractivity contribution < 1.29 is 19.4 Å². The third kappa shape index (κ3) is 4.80. The van der Waals surface area contributed by atoms with E-state index in [1.165, 1.54) is 21.4 Å². The summed E-state index contributed by atoms with van der Waals surface area (Å²) in [5.41, 5.74) is -0.0629. The molecule has 10 nitrogen and oxygen atoms in total. The number of morpholine rings is 1. The van der Waals surface area contributed by atoms with E-state index >= 15 is 0 Å². The molecule has 2 fully saturated rings. The Kier molecular flexibility index (Phi) is 6.29. The van der Waals surface area contributed by atoms with Crippen LogP contribution >= 0.6 is 0 Å². The van der Waals surface area contributed by atoms with Crippen molar-refractivity contribution in [3.63, 3.8) is 0 Å². The van der Waals surface area contributed by atoms with Gasteiger partial charge in [0.05, 0.1) is 18.4 Å². The first-order valence-corrected chi connectivity index (χ1v) is 11.4. The van der Waals surface area contributed by atoms with Crippen LogP contribution < -0.4 is 10.9 Å². The van der Waals surface area contributed by atoms with Crippen LogP contribution in [0.2, 0.25) is 0 Å². The van der Waals surface area contributed by atoms with Crippen LogP contribution in [0, 0.1) is 5.92 Å². The minimum Gasteiger partial charge on any atom is -0.492 e. The van der Waals surface area contributed by atoms with Gasteiger partial charge in [-0.05, 0) is 38.7 Å². The average molecular weight is 458 g/mol. The third-order valence-corrected chi connectivity index (χ3v) is 5.73. The Balaban J connectivity index is 1.72. The van der Waals surface area contributed by atoms with Crippen molar-refractivity contribution in [1.29, 1.82) is 0 Å². The average Bonchev–Trinajstić information content (AvgIpc) is 3.44. The van der Waals surface area contributed by atoms with Crippen LogP contribution in [0.25, 0.3) is 11.7 Å². The van der Waals surface area contributed by atoms with Gasteiger partial charge in [0, 0.05) is 37.3 Å². The molecule has 2 aromatic rings. The van der Waals surface area contributed by atoms with E-state index in [9.17, 15) is 19.5 Å². The summed E-state index contributed by atoms with van der Waals surface area (Å²) in [5, 5.41) is 17.7. The van der Waals surface area contributed by atoms with Gasteiger partial charge >= 0.3 is 0 Å². The molecule has 4 rings (SSSR count). The summed E-state index contributed by atoms with van der Waals surface area (Å²) in [6.45, 7) is 9.09. The van der Waals surface area contributed by atoms with Gasteiger partial charge in [0.25, 0.3) is 11.5 Å². The van der Waals surface area contributed by atoms with E-state index in [0.717, 1.165) is 12.8 Å². The van der Waals surface area contributed by atoms with Gasteiger partial charge < -0.3 is 20.1 Å². The van der Waals surface area contributed by atoms with Crippen molar-refractivity contribution in [2.24, 2.45) is 5.92 Å². The molecule has 2 aliphatic rings. The summed E-state index contributed by atoms with van der Waals surface area (Å²) in [6.07, 6.45) is 6.14. The van der Waals surface area contributed by atoms with Crippen molar-refractivity contribution in [1.82, 2.24) is 24.4 Å². The van der Waals surface area contributed by atoms with Crippen LogP contribution in [0.4, 0.5) is 0 Å². The second-order valence-electron chi connectivity index (χ2n) is 9.43. The molecule has 0 unspecified atom stereocenters. The molecule has 0 spiro atoms. The molecule has 0 aromatic carbocycles. The Labute approximate surface area is 191 Å². The Morgan fingerprint density at radius 3 is 2.55 bits per heavy atom. The van der Waals surface area contributed by atoms with Gasteiger partial charge in [-0.2, -0.15) is 9.61 Å². The SMILES string of the molecule is CC(C)Cn1c(=O)c(C(=O)NC2CC2)c(O)n2ncc(/C=C/C(=O)N3C[C@@H](C)O[C@H](C)C3)c12. The lowest BCUT2D eigenvalue weighted by Gasteiger charge is -2.34. The van der Waals surface area contributed by atoms with Crippen LogP contribution in [0.1, 0.15) is 56.5 Å². The number of aromatic nitrogens is 3. The zero-order chi connectivity index (χ0) is 23.9. The zero-order valence-corrected chi connectivity index (χ0v) is 19.4. The van der Waals surface area contributed by atoms with Gasteiger partial charge in [-0.1, -0.05) is 13.8 Å². The predicted octanol–water partition coefficient (Wildman–Crippen LogP) is 1.40. The molecular weight excluding hydrogens is 426 g/mol. The number of aromatic hydroxyl groups is 1. The van der Waals surface area contributed by atoms with E-state index in [0.29, 0.717) is 30.8 Å². The maximum absolute atomic E-state index is 13.3. The molecule has 1 saturated carbocycles. The highest BCUT2D eigenvalue weighted by molar-refractivity contribution is 5.97. The molecule has 3 heterocycles. The number of rotatable bonds is 6. The molecule has 1 aliphatic carbocycles. The second-order valence-corrected chi connectivity index (χ2v) is 9.43. The molecule has 33 heavy (non-hydrogen) atoms. The van der Waals surface area contributed by atoms with E-state index in [1.807, 2.05) is 27.7 Å². The number of amides is 2. The van der Waals surface area contributed by atoms with Gasteiger partial charge in [-0.25, -0.2) is 0 Å². The summed E-state index contributed by atoms with van der Waals surface area (Å²) >= 11 is 0. The molecular formula is C23H31N5O5. The van der Waals surface area contributed by atoms with E-state index in [-0.39, 0.29) is 35.6 Å². The number of hydrogen-bond acceptors (Lipinski definition) is 6. The predicted molar refractivity (Wildman–Crippen MR) is 122 cm³/mol. The highest BCUT2D eigenvalue weighted by Gasteiger charge is 2.30. The molecule has 10 heteroatoms. The van der Waals surface area contributed by atoms with Crippen LogP contribution in [0.15, 0.2) is 17.1 Å². The van der Waals surface area contributed by atoms with Crippen molar-refractivity contribution in [3.8, 4) is 5.88 Å². The number of nitrogens with one attached hydrogen (secondary N) is 1. The van der Waals surface area contributed by atoms with Crippen molar-refractivity contribution in [2.75, 3.05) is 13.1 Å². The smallest absolute Gasteiger partial charge is 0.270 e. The van der Waals surface area contributed by atoms with Gasteiger partial charge in [-0.3, -0.25) is 19.0 Å². The fourth-order valence-corrected chi connectivity index (χ4v) is 4.17. The fourth-order valence-electron chi connectivity index (χ4n) is 4.17. The largest absolute Gasteiger partial charge is 0.492 e. The molecule has 0 bridgehead atoms. The first-order chi connectivity index (χ1) is 15.7. The maximum Gasteiger partial charge on any atom is 0.270 e. The fraction of sp³-hybridized carbons (Fsp3) is 0.565. The number of hydrogen-bond donors (Lipinski definition) is 2. The summed E-state index contributed by atoms with van der Waals surface area (Å²) in [7, 11) is 0. The Morgan fingerprint density at radius 2 is 1.94 bits per heavy atom. The number of carbonyl (C=O) groups is 2. The highest BCUT2D eigenvalue weighted by Crippen LogP contribution is 2.23. The Bertz CT molecular complexity index is 1150. The summed E-state index contributed by atoms with van der Waals surface area (Å²) < 4.78 is 8.32. The van der Waals surface area contributed by atoms with E-state index in [2.05, 4.69) is 10.4 Å². The lowest BCUT2D eigenvalue weighted by atomic mass is 10.2. The molecule has 2 atom stereocenters. The maximum atomic E-state index is 13.3. The standard InChI is InChI=1S/C23H31N5O5/c1-13(2)10-27-21-16(5-8-18(29)26-11-14(3)33-15(4)12-26)9-24-28(21)23(32)19(22(27)31)20(30)25-17-6-7-17/h5,8-9,13-15,17,32H,6-7,10-12H2,1-4H3,(H,25,30)/b8-5+/t14-,15-/m1/s1. The van der Waals surface area contributed by atoms with Crippen LogP contribution in [-0.4, -0.2) is 67.3 Å². The van der Waals surface area contributed by atoms with Crippen molar-refractivity contribution in [2.45, 2.75) is 65.3 Å². The normalized spacial score (nSPS) is 21.3. The minimum absolute atomic E-state index is 0.0401. The molecule has 1 aliphatic heterocycles. The van der Waals surface area contributed by atoms with Crippen LogP contribution in [-0.2, 0) is 16.1 Å². The van der Waals surface area contributed by atoms with Gasteiger partial charge in [-0.15, -0.1) is 0 Å². The molecule has 178 valence electrons. The van der Waals surface area contributed by atoms with Crippen LogP contribution in [0.5, 0.6) is 5.88 Å². The van der Waals surface area contributed by atoms with E-state index in [4.69, 9.17) is 4.74 Å². The lowest BCUT2D eigenvalue weighted by Crippen LogP contribution is -2.47. The van der Waals surface area contributed by atoms with Gasteiger partial charge in [0.1, 0.15) is 5.65 Å². The lowest BCUT2D eigenvalue weighted by molar-refractivity contribution is -0.137. The number of fused-ring (bicyclic) bond motifs is 1. The molecule has 2 N–H and O–H groups in total. The molecule has 2 amide bonds. The highest BCUT2D eigenvalue weighted by atomic mass is 16.5. The van der Waals surface area contributed by atoms with Gasteiger partial charge in [0.2, 0.25) is 11.8 Å². The topological polar surface area (TPSA) is 118 Å². The number of ether oxygens (including phenoxy) is 1. The molecule has 2 aromatic heterocycles. The Morgan fingerprint density at radius 1 is 1.27 bits per heavy atom.